The fourth-order valence-corrected chi connectivity index (χ4v) is 0.215. The zero-order chi connectivity index (χ0) is 5.54. The van der Waals surface area contributed by atoms with Gasteiger partial charge in [0, 0.05) is 6.20 Å². The van der Waals surface area contributed by atoms with E-state index >= 15 is 0 Å². The molecule has 2 nitrogen and oxygen atoms in total. The van der Waals surface area contributed by atoms with Crippen molar-refractivity contribution in [3.63, 3.8) is 0 Å². The summed E-state index contributed by atoms with van der Waals surface area (Å²) in [5.41, 5.74) is 0. The molecular weight excluding hydrogens is 88.1 g/mol. The molecule has 0 unspecified atom stereocenters. The van der Waals surface area contributed by atoms with E-state index in [1.54, 1.807) is 0 Å². The molecule has 0 radical (unpaired) electrons. The van der Waals surface area contributed by atoms with E-state index in [4.69, 9.17) is 0 Å². The second-order valence-corrected chi connectivity index (χ2v) is 1.16. The molecule has 0 atom stereocenters. The Balaban J connectivity index is 2.92. The Bertz CT molecular complexity index is 66.5. The van der Waals surface area contributed by atoms with Crippen LogP contribution in [0.2, 0.25) is 0 Å². The molecule has 0 aromatic rings. The standard InChI is InChI=1S/C5H10N2/c1-3-5-7-6-4-2/h4H,2-3,5H2,1H3/b7-6-. The molecule has 0 spiro atoms. The average Bonchev–Trinajstić information content (AvgIpc) is 1.69. The van der Waals surface area contributed by atoms with Crippen molar-refractivity contribution in [2.24, 2.45) is 10.2 Å². The highest BCUT2D eigenvalue weighted by atomic mass is 15.1. The molecule has 0 fully saturated rings. The van der Waals surface area contributed by atoms with Crippen LogP contribution >= 0.6 is 0 Å². The highest BCUT2D eigenvalue weighted by molar-refractivity contribution is 4.56. The predicted molar refractivity (Wildman–Crippen MR) is 30.2 cm³/mol. The molecule has 7 heavy (non-hydrogen) atoms. The van der Waals surface area contributed by atoms with Crippen LogP contribution in [0.3, 0.4) is 0 Å². The van der Waals surface area contributed by atoms with E-state index in [0.29, 0.717) is 0 Å². The van der Waals surface area contributed by atoms with Gasteiger partial charge in [0.2, 0.25) is 0 Å². The minimum atomic E-state index is 0.812. The van der Waals surface area contributed by atoms with Crippen molar-refractivity contribution < 1.29 is 0 Å². The molecule has 0 aliphatic carbocycles. The van der Waals surface area contributed by atoms with Crippen molar-refractivity contribution in [1.29, 1.82) is 0 Å². The molecule has 2 heteroatoms. The Hall–Kier alpha value is -0.660. The largest absolute Gasteiger partial charge is 0.189 e. The zero-order valence-electron chi connectivity index (χ0n) is 4.59. The van der Waals surface area contributed by atoms with Gasteiger partial charge in [-0.05, 0) is 6.42 Å². The summed E-state index contributed by atoms with van der Waals surface area (Å²) in [5.74, 6) is 0. The van der Waals surface area contributed by atoms with Gasteiger partial charge in [-0.3, -0.25) is 0 Å². The zero-order valence-corrected chi connectivity index (χ0v) is 4.59. The molecule has 0 aliphatic heterocycles. The van der Waals surface area contributed by atoms with Crippen LogP contribution in [0.15, 0.2) is 23.0 Å². The van der Waals surface area contributed by atoms with Crippen LogP contribution in [-0.4, -0.2) is 6.54 Å². The monoisotopic (exact) mass is 98.1 g/mol. The maximum absolute atomic E-state index is 3.72. The quantitative estimate of drug-likeness (QED) is 0.482. The van der Waals surface area contributed by atoms with Crippen LogP contribution in [0.1, 0.15) is 13.3 Å². The number of nitrogens with zero attached hydrogens (tertiary/aromatic N) is 2. The topological polar surface area (TPSA) is 24.7 Å². The number of hydrogen-bond acceptors (Lipinski definition) is 2. The third kappa shape index (κ3) is 5.34. The van der Waals surface area contributed by atoms with Crippen molar-refractivity contribution in [3.8, 4) is 0 Å². The van der Waals surface area contributed by atoms with Gasteiger partial charge in [0.25, 0.3) is 0 Å². The van der Waals surface area contributed by atoms with Gasteiger partial charge in [-0.2, -0.15) is 10.2 Å². The molecular formula is C5H10N2. The normalized spacial score (nSPS) is 9.86. The van der Waals surface area contributed by atoms with E-state index in [9.17, 15) is 0 Å². The van der Waals surface area contributed by atoms with Gasteiger partial charge in [-0.15, -0.1) is 0 Å². The summed E-state index contributed by atoms with van der Waals surface area (Å²) in [4.78, 5) is 0. The second kappa shape index (κ2) is 5.34. The fourth-order valence-electron chi connectivity index (χ4n) is 0.215. The third-order valence-electron chi connectivity index (χ3n) is 0.487. The van der Waals surface area contributed by atoms with Gasteiger partial charge in [-0.1, -0.05) is 13.5 Å². The van der Waals surface area contributed by atoms with Gasteiger partial charge < -0.3 is 0 Å². The van der Waals surface area contributed by atoms with E-state index in [-0.39, 0.29) is 0 Å². The van der Waals surface area contributed by atoms with E-state index in [1.807, 2.05) is 0 Å². The summed E-state index contributed by atoms with van der Waals surface area (Å²) in [6, 6.07) is 0. The van der Waals surface area contributed by atoms with Crippen molar-refractivity contribution in [2.45, 2.75) is 13.3 Å². The first-order valence-corrected chi connectivity index (χ1v) is 2.39. The van der Waals surface area contributed by atoms with Crippen LogP contribution in [0.5, 0.6) is 0 Å². The minimum absolute atomic E-state index is 0.812. The van der Waals surface area contributed by atoms with E-state index < -0.39 is 0 Å². The lowest BCUT2D eigenvalue weighted by molar-refractivity contribution is 0.875. The van der Waals surface area contributed by atoms with Gasteiger partial charge in [0.1, 0.15) is 0 Å². The summed E-state index contributed by atoms with van der Waals surface area (Å²) < 4.78 is 0. The van der Waals surface area contributed by atoms with E-state index in [2.05, 4.69) is 23.7 Å². The maximum atomic E-state index is 3.72. The van der Waals surface area contributed by atoms with E-state index in [1.165, 1.54) is 6.20 Å². The lowest BCUT2D eigenvalue weighted by Crippen LogP contribution is -1.68. The first-order valence-electron chi connectivity index (χ1n) is 2.39. The Morgan fingerprint density at radius 3 is 2.86 bits per heavy atom. The second-order valence-electron chi connectivity index (χ2n) is 1.16. The van der Waals surface area contributed by atoms with Crippen LogP contribution in [0.4, 0.5) is 0 Å². The molecule has 0 saturated heterocycles. The van der Waals surface area contributed by atoms with Gasteiger partial charge in [0.15, 0.2) is 0 Å². The Labute approximate surface area is 44.0 Å². The van der Waals surface area contributed by atoms with Gasteiger partial charge in [0.05, 0.1) is 6.54 Å². The molecule has 0 bridgehead atoms. The van der Waals surface area contributed by atoms with Crippen molar-refractivity contribution in [3.05, 3.63) is 12.8 Å². The smallest absolute Gasteiger partial charge is 0.0600 e. The Morgan fingerprint density at radius 2 is 2.43 bits per heavy atom. The Morgan fingerprint density at radius 1 is 1.71 bits per heavy atom. The number of hydrogen-bond donors (Lipinski definition) is 0. The Kier molecular flexibility index (Phi) is 4.84. The lowest BCUT2D eigenvalue weighted by Gasteiger charge is -1.77. The molecule has 0 aliphatic rings. The van der Waals surface area contributed by atoms with Crippen LogP contribution in [0.25, 0.3) is 0 Å². The van der Waals surface area contributed by atoms with Crippen molar-refractivity contribution in [1.82, 2.24) is 0 Å². The van der Waals surface area contributed by atoms with Crippen LogP contribution in [0, 0.1) is 0 Å². The lowest BCUT2D eigenvalue weighted by atomic mass is 10.5. The molecule has 0 aromatic carbocycles. The SMILES string of the molecule is C=C/N=N\CCC. The van der Waals surface area contributed by atoms with E-state index in [0.717, 1.165) is 13.0 Å². The van der Waals surface area contributed by atoms with Crippen LogP contribution < -0.4 is 0 Å². The number of azo groups is 1. The van der Waals surface area contributed by atoms with Crippen molar-refractivity contribution >= 4 is 0 Å². The molecule has 0 heterocycles. The van der Waals surface area contributed by atoms with Gasteiger partial charge in [-0.25, -0.2) is 0 Å². The number of rotatable bonds is 3. The average molecular weight is 98.1 g/mol. The summed E-state index contributed by atoms with van der Waals surface area (Å²) >= 11 is 0. The molecule has 40 valence electrons. The molecule has 0 amide bonds. The first kappa shape index (κ1) is 6.34. The minimum Gasteiger partial charge on any atom is -0.189 e. The van der Waals surface area contributed by atoms with Gasteiger partial charge >= 0.3 is 0 Å². The summed E-state index contributed by atoms with van der Waals surface area (Å²) in [6.07, 6.45) is 2.49. The third-order valence-corrected chi connectivity index (χ3v) is 0.487. The maximum Gasteiger partial charge on any atom is 0.0600 e. The predicted octanol–water partition coefficient (Wildman–Crippen LogP) is 1.99. The molecule has 0 N–H and O–H groups in total. The highest BCUT2D eigenvalue weighted by Gasteiger charge is 1.67. The summed E-state index contributed by atoms with van der Waals surface area (Å²) in [7, 11) is 0. The fraction of sp³-hybridized carbons (Fsp3) is 0.600. The first-order chi connectivity index (χ1) is 3.41. The summed E-state index contributed by atoms with van der Waals surface area (Å²) in [5, 5.41) is 7.27. The van der Waals surface area contributed by atoms with Crippen LogP contribution in [-0.2, 0) is 0 Å². The molecule has 0 aromatic heterocycles. The highest BCUT2D eigenvalue weighted by Crippen LogP contribution is 1.78. The van der Waals surface area contributed by atoms with Crippen molar-refractivity contribution in [2.75, 3.05) is 6.54 Å². The summed E-state index contributed by atoms with van der Waals surface area (Å²) in [6.45, 7) is 6.24. The molecule has 0 saturated carbocycles. The molecule has 0 rings (SSSR count).